The first kappa shape index (κ1) is 17.9. The molecule has 0 saturated carbocycles. The van der Waals surface area contributed by atoms with Crippen LogP contribution in [0.3, 0.4) is 0 Å². The summed E-state index contributed by atoms with van der Waals surface area (Å²) in [6, 6.07) is 4.58. The summed E-state index contributed by atoms with van der Waals surface area (Å²) in [5.74, 6) is 0. The van der Waals surface area contributed by atoms with Crippen LogP contribution in [0.25, 0.3) is 0 Å². The number of nitrogen functional groups attached to an aromatic ring is 1. The molecule has 0 amide bonds. The van der Waals surface area contributed by atoms with Crippen LogP contribution in [0.1, 0.15) is 38.2 Å². The fourth-order valence-corrected chi connectivity index (χ4v) is 3.32. The summed E-state index contributed by atoms with van der Waals surface area (Å²) in [4.78, 5) is 2.43. The standard InChI is InChI=1S/C18H32N4O/c1-4-14(9-12-23-3)21-17-8-7-16(19)18(15(17)13-20-2)22-10-5-6-11-22/h7-8,14,20-21H,4-6,9-13,19H2,1-3H3. The number of methoxy groups -OCH3 is 1. The summed E-state index contributed by atoms with van der Waals surface area (Å²) < 4.78 is 5.23. The van der Waals surface area contributed by atoms with Crippen LogP contribution < -0.4 is 21.3 Å². The van der Waals surface area contributed by atoms with Gasteiger partial charge in [-0.3, -0.25) is 0 Å². The highest BCUT2D eigenvalue weighted by Crippen LogP contribution is 2.36. The van der Waals surface area contributed by atoms with E-state index in [2.05, 4.69) is 28.5 Å². The SMILES string of the molecule is CCC(CCOC)Nc1ccc(N)c(N2CCCC2)c1CNC. The molecule has 2 rings (SSSR count). The number of nitrogens with zero attached hydrogens (tertiary/aromatic N) is 1. The van der Waals surface area contributed by atoms with Crippen LogP contribution in [0.5, 0.6) is 0 Å². The van der Waals surface area contributed by atoms with Crippen molar-refractivity contribution < 1.29 is 4.74 Å². The monoisotopic (exact) mass is 320 g/mol. The highest BCUT2D eigenvalue weighted by atomic mass is 16.5. The minimum Gasteiger partial charge on any atom is -0.397 e. The average molecular weight is 320 g/mol. The smallest absolute Gasteiger partial charge is 0.0666 e. The Bertz CT molecular complexity index is 486. The molecule has 23 heavy (non-hydrogen) atoms. The predicted octanol–water partition coefficient (Wildman–Crippen LogP) is 2.82. The van der Waals surface area contributed by atoms with Gasteiger partial charge in [-0.05, 0) is 44.9 Å². The first-order valence-electron chi connectivity index (χ1n) is 8.77. The van der Waals surface area contributed by atoms with Gasteiger partial charge in [0.1, 0.15) is 0 Å². The zero-order chi connectivity index (χ0) is 16.7. The maximum Gasteiger partial charge on any atom is 0.0666 e. The van der Waals surface area contributed by atoms with Gasteiger partial charge < -0.3 is 26.0 Å². The lowest BCUT2D eigenvalue weighted by molar-refractivity contribution is 0.189. The van der Waals surface area contributed by atoms with E-state index in [1.54, 1.807) is 7.11 Å². The van der Waals surface area contributed by atoms with E-state index in [4.69, 9.17) is 10.5 Å². The van der Waals surface area contributed by atoms with Gasteiger partial charge in [-0.25, -0.2) is 0 Å². The summed E-state index contributed by atoms with van der Waals surface area (Å²) in [5, 5.41) is 7.01. The van der Waals surface area contributed by atoms with E-state index in [0.717, 1.165) is 44.8 Å². The molecule has 0 spiro atoms. The number of anilines is 3. The largest absolute Gasteiger partial charge is 0.397 e. The zero-order valence-corrected chi connectivity index (χ0v) is 14.8. The average Bonchev–Trinajstić information content (AvgIpc) is 3.07. The lowest BCUT2D eigenvalue weighted by Crippen LogP contribution is -2.26. The van der Waals surface area contributed by atoms with E-state index in [1.807, 2.05) is 13.1 Å². The van der Waals surface area contributed by atoms with Crippen molar-refractivity contribution >= 4 is 17.1 Å². The van der Waals surface area contributed by atoms with Crippen LogP contribution in [-0.4, -0.2) is 39.9 Å². The van der Waals surface area contributed by atoms with E-state index < -0.39 is 0 Å². The highest BCUT2D eigenvalue weighted by Gasteiger charge is 2.21. The van der Waals surface area contributed by atoms with E-state index in [0.29, 0.717) is 6.04 Å². The van der Waals surface area contributed by atoms with Gasteiger partial charge >= 0.3 is 0 Å². The Labute approximate surface area is 140 Å². The first-order chi connectivity index (χ1) is 11.2. The van der Waals surface area contributed by atoms with Crippen LogP contribution >= 0.6 is 0 Å². The summed E-state index contributed by atoms with van der Waals surface area (Å²) in [6.45, 7) is 6.01. The van der Waals surface area contributed by atoms with Gasteiger partial charge in [0.2, 0.25) is 0 Å². The Hall–Kier alpha value is -1.46. The van der Waals surface area contributed by atoms with Crippen molar-refractivity contribution in [1.29, 1.82) is 0 Å². The molecule has 1 fully saturated rings. The van der Waals surface area contributed by atoms with Crippen molar-refractivity contribution in [2.45, 2.75) is 45.2 Å². The van der Waals surface area contributed by atoms with Gasteiger partial charge in [-0.1, -0.05) is 6.92 Å². The Morgan fingerprint density at radius 3 is 2.65 bits per heavy atom. The van der Waals surface area contributed by atoms with Gasteiger partial charge in [-0.15, -0.1) is 0 Å². The van der Waals surface area contributed by atoms with Crippen molar-refractivity contribution in [3.8, 4) is 0 Å². The minimum atomic E-state index is 0.417. The summed E-state index contributed by atoms with van der Waals surface area (Å²) >= 11 is 0. The molecule has 0 radical (unpaired) electrons. The van der Waals surface area contributed by atoms with Crippen molar-refractivity contribution in [3.05, 3.63) is 17.7 Å². The number of rotatable bonds is 9. The topological polar surface area (TPSA) is 62.6 Å². The normalized spacial score (nSPS) is 15.9. The quantitative estimate of drug-likeness (QED) is 0.611. The van der Waals surface area contributed by atoms with E-state index in [1.165, 1.54) is 29.8 Å². The highest BCUT2D eigenvalue weighted by molar-refractivity contribution is 5.79. The summed E-state index contributed by atoms with van der Waals surface area (Å²) in [5.41, 5.74) is 10.9. The Kier molecular flexibility index (Phi) is 6.99. The number of hydrogen-bond acceptors (Lipinski definition) is 5. The van der Waals surface area contributed by atoms with Crippen molar-refractivity contribution in [3.63, 3.8) is 0 Å². The fraction of sp³-hybridized carbons (Fsp3) is 0.667. The van der Waals surface area contributed by atoms with Crippen LogP contribution in [-0.2, 0) is 11.3 Å². The lowest BCUT2D eigenvalue weighted by Gasteiger charge is -2.27. The van der Waals surface area contributed by atoms with Crippen molar-refractivity contribution in [1.82, 2.24) is 5.32 Å². The third-order valence-corrected chi connectivity index (χ3v) is 4.61. The molecule has 1 unspecified atom stereocenters. The van der Waals surface area contributed by atoms with Gasteiger partial charge in [0.15, 0.2) is 0 Å². The van der Waals surface area contributed by atoms with E-state index in [-0.39, 0.29) is 0 Å². The third-order valence-electron chi connectivity index (χ3n) is 4.61. The van der Waals surface area contributed by atoms with Crippen LogP contribution in [0.4, 0.5) is 17.1 Å². The molecule has 0 aliphatic carbocycles. The molecular formula is C18H32N4O. The van der Waals surface area contributed by atoms with Gasteiger partial charge in [0.25, 0.3) is 0 Å². The fourth-order valence-electron chi connectivity index (χ4n) is 3.32. The molecule has 5 nitrogen and oxygen atoms in total. The molecule has 1 saturated heterocycles. The van der Waals surface area contributed by atoms with Gasteiger partial charge in [0, 0.05) is 50.6 Å². The molecular weight excluding hydrogens is 288 g/mol. The molecule has 130 valence electrons. The molecule has 1 atom stereocenters. The van der Waals surface area contributed by atoms with Crippen LogP contribution in [0, 0.1) is 0 Å². The van der Waals surface area contributed by atoms with Crippen LogP contribution in [0.2, 0.25) is 0 Å². The van der Waals surface area contributed by atoms with E-state index in [9.17, 15) is 0 Å². The van der Waals surface area contributed by atoms with Crippen LogP contribution in [0.15, 0.2) is 12.1 Å². The van der Waals surface area contributed by atoms with Crippen molar-refractivity contribution in [2.24, 2.45) is 0 Å². The summed E-state index contributed by atoms with van der Waals surface area (Å²) in [7, 11) is 3.75. The summed E-state index contributed by atoms with van der Waals surface area (Å²) in [6.07, 6.45) is 4.59. The number of hydrogen-bond donors (Lipinski definition) is 3. The molecule has 1 aromatic rings. The molecule has 4 N–H and O–H groups in total. The number of nitrogens with two attached hydrogens (primary N) is 1. The number of ether oxygens (including phenoxy) is 1. The number of nitrogens with one attached hydrogen (secondary N) is 2. The molecule has 1 aliphatic heterocycles. The van der Waals surface area contributed by atoms with Crippen molar-refractivity contribution in [2.75, 3.05) is 49.8 Å². The second-order valence-corrected chi connectivity index (χ2v) is 6.28. The minimum absolute atomic E-state index is 0.417. The zero-order valence-electron chi connectivity index (χ0n) is 14.8. The second kappa shape index (κ2) is 8.99. The van der Waals surface area contributed by atoms with Gasteiger partial charge in [0.05, 0.1) is 11.4 Å². The second-order valence-electron chi connectivity index (χ2n) is 6.28. The molecule has 5 heteroatoms. The molecule has 1 aromatic carbocycles. The Morgan fingerprint density at radius 2 is 2.04 bits per heavy atom. The third kappa shape index (κ3) is 4.52. The first-order valence-corrected chi connectivity index (χ1v) is 8.77. The predicted molar refractivity (Wildman–Crippen MR) is 99.3 cm³/mol. The molecule has 1 aliphatic rings. The van der Waals surface area contributed by atoms with Gasteiger partial charge in [-0.2, -0.15) is 0 Å². The molecule has 1 heterocycles. The maximum atomic E-state index is 6.33. The lowest BCUT2D eigenvalue weighted by atomic mass is 10.0. The maximum absolute atomic E-state index is 6.33. The molecule has 0 aromatic heterocycles. The Balaban J connectivity index is 2.28. The molecule has 0 bridgehead atoms. The van der Waals surface area contributed by atoms with E-state index >= 15 is 0 Å². The number of benzene rings is 1. The Morgan fingerprint density at radius 1 is 1.30 bits per heavy atom.